The first-order chi connectivity index (χ1) is 23.0. The number of nitrogens with two attached hydrogens (primary N) is 1. The van der Waals surface area contributed by atoms with Crippen molar-refractivity contribution in [3.63, 3.8) is 0 Å². The number of nitrogens with zero attached hydrogens (tertiary/aromatic N) is 1. The maximum absolute atomic E-state index is 12.5. The summed E-state index contributed by atoms with van der Waals surface area (Å²) in [6, 6.07) is 23.3. The molecule has 0 unspecified atom stereocenters. The molecule has 47 heavy (non-hydrogen) atoms. The number of para-hydroxylation sites is 2. The first-order valence-corrected chi connectivity index (χ1v) is 17.2. The van der Waals surface area contributed by atoms with Crippen LogP contribution >= 0.6 is 0 Å². The normalized spacial score (nSPS) is 20.1. The molecule has 2 aliphatic rings. The quantitative estimate of drug-likeness (QED) is 0.112. The number of anilines is 2. The Morgan fingerprint density at radius 3 is 2.15 bits per heavy atom. The highest BCUT2D eigenvalue weighted by atomic mass is 16.7. The van der Waals surface area contributed by atoms with E-state index in [1.54, 1.807) is 12.1 Å². The maximum Gasteiger partial charge on any atom is 0.224 e. The number of carbonyl (C=O) groups excluding carboxylic acids is 2. The molecule has 2 saturated heterocycles. The van der Waals surface area contributed by atoms with Crippen molar-refractivity contribution in [3.05, 3.63) is 95.1 Å². The first-order valence-electron chi connectivity index (χ1n) is 17.2. The second-order valence-corrected chi connectivity index (χ2v) is 12.8. The molecule has 2 fully saturated rings. The average Bonchev–Trinajstić information content (AvgIpc) is 3.10. The van der Waals surface area contributed by atoms with Crippen molar-refractivity contribution in [3.8, 4) is 0 Å². The van der Waals surface area contributed by atoms with Crippen LogP contribution in [-0.4, -0.2) is 47.6 Å². The van der Waals surface area contributed by atoms with Gasteiger partial charge in [-0.15, -0.1) is 0 Å². The van der Waals surface area contributed by atoms with Gasteiger partial charge in [-0.3, -0.25) is 9.59 Å². The van der Waals surface area contributed by atoms with Gasteiger partial charge < -0.3 is 35.8 Å². The lowest BCUT2D eigenvalue weighted by Crippen LogP contribution is -2.41. The number of nitrogens with one attached hydrogen (secondary N) is 2. The van der Waals surface area contributed by atoms with Crippen LogP contribution in [0.15, 0.2) is 72.8 Å². The topological polar surface area (TPSA) is 126 Å². The van der Waals surface area contributed by atoms with Gasteiger partial charge in [-0.25, -0.2) is 0 Å². The number of unbranched alkanes of at least 4 members (excludes halogenated alkanes) is 3. The Bertz CT molecular complexity index is 1410. The summed E-state index contributed by atoms with van der Waals surface area (Å²) in [6.45, 7) is 3.62. The molecular formula is C38H50N4O5. The third-order valence-corrected chi connectivity index (χ3v) is 9.06. The summed E-state index contributed by atoms with van der Waals surface area (Å²) in [5.41, 5.74) is 11.0. The zero-order chi connectivity index (χ0) is 32.8. The Labute approximate surface area is 278 Å². The molecule has 0 aromatic heterocycles. The fourth-order valence-electron chi connectivity index (χ4n) is 6.29. The molecule has 2 heterocycles. The van der Waals surface area contributed by atoms with Crippen molar-refractivity contribution >= 4 is 23.2 Å². The van der Waals surface area contributed by atoms with Crippen LogP contribution in [0.25, 0.3) is 0 Å². The summed E-state index contributed by atoms with van der Waals surface area (Å²) in [7, 11) is 0. The summed E-state index contributed by atoms with van der Waals surface area (Å²) in [4.78, 5) is 27.1. The second-order valence-electron chi connectivity index (χ2n) is 12.8. The molecule has 0 saturated carbocycles. The van der Waals surface area contributed by atoms with Gasteiger partial charge in [0.1, 0.15) is 0 Å². The number of amides is 2. The molecule has 3 aromatic rings. The average molecular weight is 643 g/mol. The van der Waals surface area contributed by atoms with Gasteiger partial charge >= 0.3 is 0 Å². The van der Waals surface area contributed by atoms with E-state index in [-0.39, 0.29) is 30.6 Å². The van der Waals surface area contributed by atoms with Gasteiger partial charge in [-0.2, -0.15) is 0 Å². The van der Waals surface area contributed by atoms with E-state index in [9.17, 15) is 14.7 Å². The molecule has 0 bridgehead atoms. The highest BCUT2D eigenvalue weighted by molar-refractivity contribution is 5.93. The Balaban J connectivity index is 1.04. The molecular weight excluding hydrogens is 592 g/mol. The number of hydrogen-bond donors (Lipinski definition) is 4. The number of aliphatic hydroxyl groups excluding tert-OH is 1. The van der Waals surface area contributed by atoms with Gasteiger partial charge in [-0.1, -0.05) is 79.9 Å². The van der Waals surface area contributed by atoms with Crippen LogP contribution in [0.3, 0.4) is 0 Å². The Kier molecular flexibility index (Phi) is 13.2. The Hall–Kier alpha value is -3.76. The van der Waals surface area contributed by atoms with E-state index in [1.807, 2.05) is 60.7 Å². The molecule has 5 rings (SSSR count). The van der Waals surface area contributed by atoms with Crippen molar-refractivity contribution in [2.45, 2.75) is 95.9 Å². The molecule has 3 atom stereocenters. The zero-order valence-corrected chi connectivity index (χ0v) is 27.4. The van der Waals surface area contributed by atoms with Crippen molar-refractivity contribution in [2.24, 2.45) is 0 Å². The zero-order valence-electron chi connectivity index (χ0n) is 27.4. The van der Waals surface area contributed by atoms with Crippen molar-refractivity contribution in [2.75, 3.05) is 30.7 Å². The molecule has 2 aliphatic heterocycles. The number of ether oxygens (including phenoxy) is 2. The van der Waals surface area contributed by atoms with Crippen LogP contribution in [0, 0.1) is 0 Å². The Morgan fingerprint density at radius 1 is 0.787 bits per heavy atom. The number of aliphatic hydroxyl groups is 1. The van der Waals surface area contributed by atoms with Crippen LogP contribution in [0.2, 0.25) is 0 Å². The van der Waals surface area contributed by atoms with Crippen LogP contribution in [0.1, 0.15) is 98.9 Å². The van der Waals surface area contributed by atoms with Gasteiger partial charge in [0.05, 0.1) is 30.2 Å². The van der Waals surface area contributed by atoms with E-state index >= 15 is 0 Å². The monoisotopic (exact) mass is 642 g/mol. The largest absolute Gasteiger partial charge is 0.397 e. The lowest BCUT2D eigenvalue weighted by Gasteiger charge is -2.39. The summed E-state index contributed by atoms with van der Waals surface area (Å²) in [5, 5.41) is 15.4. The van der Waals surface area contributed by atoms with Crippen LogP contribution < -0.4 is 16.4 Å². The minimum Gasteiger partial charge on any atom is -0.397 e. The number of carbonyl (C=O) groups is 2. The molecule has 0 radical (unpaired) electrons. The molecule has 5 N–H and O–H groups in total. The number of nitrogen functional groups attached to an aromatic ring is 1. The number of likely N-dealkylation sites (tertiary alicyclic amines) is 1. The predicted molar refractivity (Wildman–Crippen MR) is 184 cm³/mol. The van der Waals surface area contributed by atoms with E-state index in [2.05, 4.69) is 15.5 Å². The Morgan fingerprint density at radius 2 is 1.45 bits per heavy atom. The van der Waals surface area contributed by atoms with Gasteiger partial charge in [0.2, 0.25) is 11.8 Å². The third-order valence-electron chi connectivity index (χ3n) is 9.06. The summed E-state index contributed by atoms with van der Waals surface area (Å²) >= 11 is 0. The molecule has 9 nitrogen and oxygen atoms in total. The number of piperidine rings is 1. The number of rotatable bonds is 15. The third kappa shape index (κ3) is 10.9. The standard InChI is InChI=1S/C38H50N4O5/c39-33-10-6-7-11-34(33)41-37(45)13-5-2-1-4-12-36(44)40-25-28-14-20-31(21-15-28)38-46-32(26-42-22-8-3-9-23-42)24-35(47-38)30-18-16-29(27-43)17-19-30/h6-7,10-11,14-21,32,35,38,43H,1-5,8-9,12-13,22-27,39H2,(H,40,44)(H,41,45)/t32-,35+,38+/m1/s1. The molecule has 9 heteroatoms. The van der Waals surface area contributed by atoms with E-state index < -0.39 is 6.29 Å². The molecule has 3 aromatic carbocycles. The predicted octanol–water partition coefficient (Wildman–Crippen LogP) is 6.39. The van der Waals surface area contributed by atoms with E-state index in [0.29, 0.717) is 30.8 Å². The van der Waals surface area contributed by atoms with E-state index in [1.165, 1.54) is 19.3 Å². The smallest absolute Gasteiger partial charge is 0.224 e. The lowest BCUT2D eigenvalue weighted by atomic mass is 9.99. The SMILES string of the molecule is Nc1ccccc1NC(=O)CCCCCCC(=O)NCc1ccc([C@H]2O[C@@H](CN3CCCCC3)C[C@@H](c3ccc(CO)cc3)O2)cc1. The lowest BCUT2D eigenvalue weighted by molar-refractivity contribution is -0.253. The minimum absolute atomic E-state index is 0.0237. The van der Waals surface area contributed by atoms with Crippen molar-refractivity contribution < 1.29 is 24.2 Å². The highest BCUT2D eigenvalue weighted by Gasteiger charge is 2.33. The molecule has 252 valence electrons. The number of benzene rings is 3. The van der Waals surface area contributed by atoms with Gasteiger partial charge in [0.25, 0.3) is 0 Å². The molecule has 2 amide bonds. The fourth-order valence-corrected chi connectivity index (χ4v) is 6.29. The summed E-state index contributed by atoms with van der Waals surface area (Å²) < 4.78 is 13.0. The first kappa shape index (κ1) is 34.6. The van der Waals surface area contributed by atoms with Crippen LogP contribution in [-0.2, 0) is 32.2 Å². The van der Waals surface area contributed by atoms with Crippen molar-refractivity contribution in [1.82, 2.24) is 10.2 Å². The summed E-state index contributed by atoms with van der Waals surface area (Å²) in [5.74, 6) is -0.0140. The number of hydrogen-bond acceptors (Lipinski definition) is 7. The highest BCUT2D eigenvalue weighted by Crippen LogP contribution is 2.38. The van der Waals surface area contributed by atoms with Crippen LogP contribution in [0.5, 0.6) is 0 Å². The van der Waals surface area contributed by atoms with Gasteiger partial charge in [0, 0.05) is 37.9 Å². The second kappa shape index (κ2) is 18.0. The fraction of sp³-hybridized carbons (Fsp3) is 0.474. The van der Waals surface area contributed by atoms with Gasteiger partial charge in [-0.05, 0) is 67.6 Å². The summed E-state index contributed by atoms with van der Waals surface area (Å²) in [6.07, 6.45) is 8.30. The molecule has 0 spiro atoms. The van der Waals surface area contributed by atoms with E-state index in [4.69, 9.17) is 15.2 Å². The van der Waals surface area contributed by atoms with Crippen molar-refractivity contribution in [1.29, 1.82) is 0 Å². The van der Waals surface area contributed by atoms with E-state index in [0.717, 1.165) is 74.0 Å². The van der Waals surface area contributed by atoms with Crippen LogP contribution in [0.4, 0.5) is 11.4 Å². The maximum atomic E-state index is 12.5. The van der Waals surface area contributed by atoms with Gasteiger partial charge in [0.15, 0.2) is 6.29 Å². The minimum atomic E-state index is -0.479. The molecule has 0 aliphatic carbocycles.